The highest BCUT2D eigenvalue weighted by molar-refractivity contribution is 7.89. The van der Waals surface area contributed by atoms with Crippen molar-refractivity contribution in [2.24, 2.45) is 7.05 Å². The van der Waals surface area contributed by atoms with E-state index in [2.05, 4.69) is 15.0 Å². The fraction of sp³-hybridized carbons (Fsp3) is 0.176. The van der Waals surface area contributed by atoms with Crippen LogP contribution in [0.4, 0.5) is 5.95 Å². The number of aromatic nitrogens is 2. The highest BCUT2D eigenvalue weighted by Crippen LogP contribution is 2.22. The maximum absolute atomic E-state index is 12.4. The molecule has 0 fully saturated rings. The van der Waals surface area contributed by atoms with Crippen molar-refractivity contribution in [3.05, 3.63) is 53.1 Å². The standard InChI is InChI=1S/C17H17ClN4O3S/c1-3-19-26(24,25)13-7-4-11(5-8-13)16(23)21-17-20-14-10-12(18)6-9-15(14)22(17)2/h4-10,19H,3H2,1-2H3,(H,20,21,23). The van der Waals surface area contributed by atoms with E-state index in [1.807, 2.05) is 6.07 Å². The number of carbonyl (C=O) groups excluding carboxylic acids is 1. The van der Waals surface area contributed by atoms with E-state index in [1.54, 1.807) is 30.7 Å². The van der Waals surface area contributed by atoms with E-state index in [1.165, 1.54) is 24.3 Å². The van der Waals surface area contributed by atoms with Crippen molar-refractivity contribution in [3.8, 4) is 0 Å². The lowest BCUT2D eigenvalue weighted by Gasteiger charge is -2.07. The van der Waals surface area contributed by atoms with Crippen LogP contribution in [-0.2, 0) is 17.1 Å². The third-order valence-corrected chi connectivity index (χ3v) is 5.63. The molecule has 0 aliphatic rings. The van der Waals surface area contributed by atoms with E-state index >= 15 is 0 Å². The van der Waals surface area contributed by atoms with Gasteiger partial charge in [0.05, 0.1) is 15.9 Å². The number of hydrogen-bond acceptors (Lipinski definition) is 4. The smallest absolute Gasteiger partial charge is 0.257 e. The predicted molar refractivity (Wildman–Crippen MR) is 101 cm³/mol. The minimum absolute atomic E-state index is 0.105. The molecule has 9 heteroatoms. The first kappa shape index (κ1) is 18.4. The van der Waals surface area contributed by atoms with Crippen LogP contribution in [0.25, 0.3) is 11.0 Å². The summed E-state index contributed by atoms with van der Waals surface area (Å²) >= 11 is 5.97. The highest BCUT2D eigenvalue weighted by atomic mass is 35.5. The van der Waals surface area contributed by atoms with Gasteiger partial charge in [0, 0.05) is 24.2 Å². The predicted octanol–water partition coefficient (Wildman–Crippen LogP) is 2.78. The Hall–Kier alpha value is -2.42. The Kier molecular flexibility index (Phi) is 4.99. The first-order valence-electron chi connectivity index (χ1n) is 7.85. The zero-order chi connectivity index (χ0) is 18.9. The average Bonchev–Trinajstić information content (AvgIpc) is 2.90. The second-order valence-corrected chi connectivity index (χ2v) is 7.81. The molecule has 0 saturated carbocycles. The summed E-state index contributed by atoms with van der Waals surface area (Å²) in [6.45, 7) is 1.99. The summed E-state index contributed by atoms with van der Waals surface area (Å²) in [7, 11) is -1.77. The van der Waals surface area contributed by atoms with Crippen LogP contribution in [-0.4, -0.2) is 30.4 Å². The molecule has 3 rings (SSSR count). The number of aryl methyl sites for hydroxylation is 1. The summed E-state index contributed by atoms with van der Waals surface area (Å²) in [6, 6.07) is 11.0. The Balaban J connectivity index is 1.83. The van der Waals surface area contributed by atoms with Gasteiger partial charge in [0.2, 0.25) is 16.0 Å². The van der Waals surface area contributed by atoms with E-state index in [-0.39, 0.29) is 10.8 Å². The fourth-order valence-electron chi connectivity index (χ4n) is 2.52. The van der Waals surface area contributed by atoms with Gasteiger partial charge >= 0.3 is 0 Å². The van der Waals surface area contributed by atoms with Gasteiger partial charge in [0.25, 0.3) is 5.91 Å². The van der Waals surface area contributed by atoms with E-state index in [9.17, 15) is 13.2 Å². The summed E-state index contributed by atoms with van der Waals surface area (Å²) in [6.07, 6.45) is 0. The summed E-state index contributed by atoms with van der Waals surface area (Å²) in [5, 5.41) is 3.28. The summed E-state index contributed by atoms with van der Waals surface area (Å²) in [5.74, 6) is -0.0153. The van der Waals surface area contributed by atoms with E-state index in [4.69, 9.17) is 11.6 Å². The van der Waals surface area contributed by atoms with E-state index in [0.29, 0.717) is 28.6 Å². The van der Waals surface area contributed by atoms with Gasteiger partial charge in [-0.15, -0.1) is 0 Å². The average molecular weight is 393 g/mol. The van der Waals surface area contributed by atoms with E-state index in [0.717, 1.165) is 5.52 Å². The topological polar surface area (TPSA) is 93.1 Å². The number of imidazole rings is 1. The van der Waals surface area contributed by atoms with Gasteiger partial charge in [-0.1, -0.05) is 18.5 Å². The maximum Gasteiger partial charge on any atom is 0.257 e. The number of nitrogens with one attached hydrogen (secondary N) is 2. The number of rotatable bonds is 5. The molecule has 1 heterocycles. The number of carbonyl (C=O) groups is 1. The third-order valence-electron chi connectivity index (χ3n) is 3.83. The lowest BCUT2D eigenvalue weighted by molar-refractivity contribution is 0.102. The van der Waals surface area contributed by atoms with Gasteiger partial charge in [-0.2, -0.15) is 0 Å². The molecule has 0 saturated heterocycles. The van der Waals surface area contributed by atoms with Crippen LogP contribution in [0.2, 0.25) is 5.02 Å². The Morgan fingerprint density at radius 2 is 1.88 bits per heavy atom. The number of fused-ring (bicyclic) bond motifs is 1. The quantitative estimate of drug-likeness (QED) is 0.698. The molecular formula is C17H17ClN4O3S. The molecule has 2 N–H and O–H groups in total. The summed E-state index contributed by atoms with van der Waals surface area (Å²) in [5.41, 5.74) is 1.82. The second kappa shape index (κ2) is 7.06. The van der Waals surface area contributed by atoms with Crippen molar-refractivity contribution in [1.82, 2.24) is 14.3 Å². The number of nitrogens with zero attached hydrogens (tertiary/aromatic N) is 2. The highest BCUT2D eigenvalue weighted by Gasteiger charge is 2.15. The van der Waals surface area contributed by atoms with Crippen LogP contribution < -0.4 is 10.0 Å². The molecule has 0 unspecified atom stereocenters. The molecule has 0 atom stereocenters. The zero-order valence-corrected chi connectivity index (χ0v) is 15.7. The van der Waals surface area contributed by atoms with Gasteiger partial charge in [0.15, 0.2) is 0 Å². The SMILES string of the molecule is CCNS(=O)(=O)c1ccc(C(=O)Nc2nc3cc(Cl)ccc3n2C)cc1. The van der Waals surface area contributed by atoms with Crippen molar-refractivity contribution < 1.29 is 13.2 Å². The van der Waals surface area contributed by atoms with Gasteiger partial charge in [-0.05, 0) is 42.5 Å². The van der Waals surface area contributed by atoms with Crippen LogP contribution in [0.1, 0.15) is 17.3 Å². The Labute approximate surface area is 156 Å². The molecule has 2 aromatic carbocycles. The van der Waals surface area contributed by atoms with Crippen molar-refractivity contribution in [1.29, 1.82) is 0 Å². The van der Waals surface area contributed by atoms with Crippen molar-refractivity contribution >= 4 is 44.5 Å². The Bertz CT molecular complexity index is 1080. The van der Waals surface area contributed by atoms with Gasteiger partial charge in [-0.25, -0.2) is 18.1 Å². The normalized spacial score (nSPS) is 11.7. The third kappa shape index (κ3) is 3.57. The molecule has 3 aromatic rings. The Morgan fingerprint density at radius 1 is 1.19 bits per heavy atom. The molecule has 26 heavy (non-hydrogen) atoms. The van der Waals surface area contributed by atoms with Crippen LogP contribution in [0.3, 0.4) is 0 Å². The Morgan fingerprint density at radius 3 is 2.54 bits per heavy atom. The molecule has 1 aromatic heterocycles. The molecule has 1 amide bonds. The van der Waals surface area contributed by atoms with Crippen molar-refractivity contribution in [2.45, 2.75) is 11.8 Å². The molecule has 136 valence electrons. The maximum atomic E-state index is 12.4. The molecule has 0 spiro atoms. The van der Waals surface area contributed by atoms with Crippen molar-refractivity contribution in [3.63, 3.8) is 0 Å². The minimum Gasteiger partial charge on any atom is -0.313 e. The molecule has 7 nitrogen and oxygen atoms in total. The summed E-state index contributed by atoms with van der Waals surface area (Å²) < 4.78 is 28.0. The number of sulfonamides is 1. The van der Waals surface area contributed by atoms with Crippen molar-refractivity contribution in [2.75, 3.05) is 11.9 Å². The second-order valence-electron chi connectivity index (χ2n) is 5.61. The number of benzene rings is 2. The largest absolute Gasteiger partial charge is 0.313 e. The zero-order valence-electron chi connectivity index (χ0n) is 14.2. The number of anilines is 1. The lowest BCUT2D eigenvalue weighted by Crippen LogP contribution is -2.23. The number of amides is 1. The first-order valence-corrected chi connectivity index (χ1v) is 9.71. The number of hydrogen-bond donors (Lipinski definition) is 2. The first-order chi connectivity index (χ1) is 12.3. The van der Waals surface area contributed by atoms with Gasteiger partial charge in [-0.3, -0.25) is 10.1 Å². The van der Waals surface area contributed by atoms with Crippen LogP contribution >= 0.6 is 11.6 Å². The van der Waals surface area contributed by atoms with Crippen LogP contribution in [0.5, 0.6) is 0 Å². The molecular weight excluding hydrogens is 376 g/mol. The molecule has 0 bridgehead atoms. The monoisotopic (exact) mass is 392 g/mol. The van der Waals surface area contributed by atoms with Gasteiger partial charge < -0.3 is 4.57 Å². The lowest BCUT2D eigenvalue weighted by atomic mass is 10.2. The fourth-order valence-corrected chi connectivity index (χ4v) is 3.72. The van der Waals surface area contributed by atoms with Crippen LogP contribution in [0, 0.1) is 0 Å². The molecule has 0 aliphatic heterocycles. The van der Waals surface area contributed by atoms with Gasteiger partial charge in [0.1, 0.15) is 0 Å². The minimum atomic E-state index is -3.55. The summed E-state index contributed by atoms with van der Waals surface area (Å²) in [4.78, 5) is 16.9. The van der Waals surface area contributed by atoms with E-state index < -0.39 is 10.0 Å². The van der Waals surface area contributed by atoms with Crippen LogP contribution in [0.15, 0.2) is 47.4 Å². The number of halogens is 1. The molecule has 0 radical (unpaired) electrons. The molecule has 0 aliphatic carbocycles.